The van der Waals surface area contributed by atoms with Crippen molar-refractivity contribution in [2.45, 2.75) is 26.2 Å². The molecule has 6 heteroatoms. The maximum Gasteiger partial charge on any atom is 0.227 e. The van der Waals surface area contributed by atoms with Crippen molar-refractivity contribution in [3.63, 3.8) is 0 Å². The van der Waals surface area contributed by atoms with Crippen molar-refractivity contribution in [1.82, 2.24) is 0 Å². The van der Waals surface area contributed by atoms with Crippen LogP contribution < -0.4 is 15.4 Å². The van der Waals surface area contributed by atoms with Crippen molar-refractivity contribution in [2.24, 2.45) is 5.92 Å². The number of rotatable bonds is 5. The van der Waals surface area contributed by atoms with Gasteiger partial charge >= 0.3 is 0 Å². The average molecular weight is 373 g/mol. The highest BCUT2D eigenvalue weighted by atomic mass is 35.5. The van der Waals surface area contributed by atoms with Gasteiger partial charge in [0.25, 0.3) is 0 Å². The van der Waals surface area contributed by atoms with Crippen LogP contribution >= 0.6 is 11.6 Å². The molecule has 2 N–H and O–H groups in total. The Morgan fingerprint density at radius 2 is 2.12 bits per heavy atom. The van der Waals surface area contributed by atoms with Crippen molar-refractivity contribution in [2.75, 3.05) is 17.7 Å². The van der Waals surface area contributed by atoms with Gasteiger partial charge in [-0.25, -0.2) is 0 Å². The maximum absolute atomic E-state index is 12.3. The van der Waals surface area contributed by atoms with Gasteiger partial charge in [0.15, 0.2) is 0 Å². The van der Waals surface area contributed by atoms with Crippen LogP contribution in [0.4, 0.5) is 11.4 Å². The molecule has 0 fully saturated rings. The number of carbonyl (C=O) groups is 2. The number of amides is 2. The first-order valence-corrected chi connectivity index (χ1v) is 8.88. The fraction of sp³-hybridized carbons (Fsp3) is 0.300. The smallest absolute Gasteiger partial charge is 0.227 e. The van der Waals surface area contributed by atoms with E-state index in [9.17, 15) is 9.59 Å². The first kappa shape index (κ1) is 18.3. The van der Waals surface area contributed by atoms with Gasteiger partial charge in [-0.2, -0.15) is 0 Å². The van der Waals surface area contributed by atoms with Crippen molar-refractivity contribution in [1.29, 1.82) is 0 Å². The highest BCUT2D eigenvalue weighted by Crippen LogP contribution is 2.31. The molecule has 3 rings (SSSR count). The summed E-state index contributed by atoms with van der Waals surface area (Å²) in [6, 6.07) is 11.2. The minimum Gasteiger partial charge on any atom is -0.495 e. The van der Waals surface area contributed by atoms with Crippen molar-refractivity contribution in [3.05, 3.63) is 52.5 Å². The van der Waals surface area contributed by atoms with Crippen LogP contribution in [0.5, 0.6) is 5.75 Å². The number of hydrogen-bond acceptors (Lipinski definition) is 3. The fourth-order valence-corrected chi connectivity index (χ4v) is 3.25. The standard InChI is InChI=1S/C20H21ClN2O3/c1-12-9-17(18(26-2)11-15(12)21)22-19(24)8-7-14-10-13-5-3-4-6-16(13)23-20(14)25/h3-6,9,11,14H,7-8,10H2,1-2H3,(H,22,24)(H,23,25). The Bertz CT molecular complexity index is 851. The first-order chi connectivity index (χ1) is 12.5. The normalized spacial score (nSPS) is 15.8. The second kappa shape index (κ2) is 7.79. The predicted octanol–water partition coefficient (Wildman–Crippen LogP) is 4.19. The third kappa shape index (κ3) is 3.99. The number of methoxy groups -OCH3 is 1. The number of para-hydroxylation sites is 1. The molecule has 26 heavy (non-hydrogen) atoms. The van der Waals surface area contributed by atoms with Crippen molar-refractivity contribution in [3.8, 4) is 5.75 Å². The summed E-state index contributed by atoms with van der Waals surface area (Å²) in [5, 5.41) is 6.34. The number of hydrogen-bond donors (Lipinski definition) is 2. The number of halogens is 1. The summed E-state index contributed by atoms with van der Waals surface area (Å²) >= 11 is 6.08. The third-order valence-electron chi connectivity index (χ3n) is 4.59. The summed E-state index contributed by atoms with van der Waals surface area (Å²) in [5.41, 5.74) is 3.40. The third-order valence-corrected chi connectivity index (χ3v) is 4.99. The van der Waals surface area contributed by atoms with E-state index in [0.717, 1.165) is 16.8 Å². The fourth-order valence-electron chi connectivity index (χ4n) is 3.09. The van der Waals surface area contributed by atoms with Crippen LogP contribution in [0.3, 0.4) is 0 Å². The van der Waals surface area contributed by atoms with Gasteiger partial charge in [0, 0.05) is 29.1 Å². The summed E-state index contributed by atoms with van der Waals surface area (Å²) in [6.07, 6.45) is 1.39. The van der Waals surface area contributed by atoms with Crippen LogP contribution in [0.15, 0.2) is 36.4 Å². The van der Waals surface area contributed by atoms with E-state index in [1.165, 1.54) is 7.11 Å². The zero-order valence-corrected chi connectivity index (χ0v) is 15.5. The van der Waals surface area contributed by atoms with E-state index in [1.54, 1.807) is 12.1 Å². The van der Waals surface area contributed by atoms with Crippen molar-refractivity contribution < 1.29 is 14.3 Å². The van der Waals surface area contributed by atoms with Gasteiger partial charge in [-0.3, -0.25) is 9.59 Å². The number of aryl methyl sites for hydroxylation is 1. The SMILES string of the molecule is COc1cc(Cl)c(C)cc1NC(=O)CCC1Cc2ccccc2NC1=O. The zero-order valence-electron chi connectivity index (χ0n) is 14.8. The number of anilines is 2. The molecule has 2 aromatic carbocycles. The molecule has 136 valence electrons. The monoisotopic (exact) mass is 372 g/mol. The quantitative estimate of drug-likeness (QED) is 0.827. The van der Waals surface area contributed by atoms with E-state index in [4.69, 9.17) is 16.3 Å². The van der Waals surface area contributed by atoms with E-state index in [0.29, 0.717) is 29.3 Å². The van der Waals surface area contributed by atoms with E-state index >= 15 is 0 Å². The lowest BCUT2D eigenvalue weighted by molar-refractivity contribution is -0.121. The van der Waals surface area contributed by atoms with Crippen LogP contribution in [0.2, 0.25) is 5.02 Å². The summed E-state index contributed by atoms with van der Waals surface area (Å²) < 4.78 is 5.27. The summed E-state index contributed by atoms with van der Waals surface area (Å²) in [6.45, 7) is 1.86. The average Bonchev–Trinajstić information content (AvgIpc) is 2.62. The number of benzene rings is 2. The zero-order chi connectivity index (χ0) is 18.7. The molecule has 0 radical (unpaired) electrons. The molecule has 0 aliphatic carbocycles. The maximum atomic E-state index is 12.3. The molecule has 1 aliphatic rings. The molecule has 1 atom stereocenters. The van der Waals surface area contributed by atoms with Crippen LogP contribution in [0.25, 0.3) is 0 Å². The lowest BCUT2D eigenvalue weighted by atomic mass is 9.89. The van der Waals surface area contributed by atoms with Gasteiger partial charge in [0.1, 0.15) is 5.75 Å². The van der Waals surface area contributed by atoms with Crippen molar-refractivity contribution >= 4 is 34.8 Å². The molecule has 0 bridgehead atoms. The Morgan fingerprint density at radius 3 is 2.88 bits per heavy atom. The van der Waals surface area contributed by atoms with E-state index in [2.05, 4.69) is 10.6 Å². The minimum absolute atomic E-state index is 0.0311. The van der Waals surface area contributed by atoms with Gasteiger partial charge in [0.2, 0.25) is 11.8 Å². The van der Waals surface area contributed by atoms with E-state index in [1.807, 2.05) is 31.2 Å². The first-order valence-electron chi connectivity index (χ1n) is 8.50. The second-order valence-electron chi connectivity index (χ2n) is 6.44. The molecule has 1 unspecified atom stereocenters. The summed E-state index contributed by atoms with van der Waals surface area (Å²) in [7, 11) is 1.53. The Hall–Kier alpha value is -2.53. The number of fused-ring (bicyclic) bond motifs is 1. The molecule has 0 aromatic heterocycles. The van der Waals surface area contributed by atoms with Gasteiger partial charge in [0.05, 0.1) is 12.8 Å². The lowest BCUT2D eigenvalue weighted by Crippen LogP contribution is -2.30. The lowest BCUT2D eigenvalue weighted by Gasteiger charge is -2.24. The number of ether oxygens (including phenoxy) is 1. The minimum atomic E-state index is -0.204. The van der Waals surface area contributed by atoms with E-state index in [-0.39, 0.29) is 24.2 Å². The second-order valence-corrected chi connectivity index (χ2v) is 6.84. The Kier molecular flexibility index (Phi) is 5.47. The number of nitrogens with one attached hydrogen (secondary N) is 2. The van der Waals surface area contributed by atoms with Gasteiger partial charge in [-0.1, -0.05) is 29.8 Å². The number of carbonyl (C=O) groups excluding carboxylic acids is 2. The molecular formula is C20H21ClN2O3. The molecule has 1 aliphatic heterocycles. The molecule has 0 spiro atoms. The largest absolute Gasteiger partial charge is 0.495 e. The van der Waals surface area contributed by atoms with Crippen LogP contribution in [-0.2, 0) is 16.0 Å². The summed E-state index contributed by atoms with van der Waals surface area (Å²) in [5.74, 6) is 0.121. The Labute approximate surface area is 157 Å². The van der Waals surface area contributed by atoms with E-state index < -0.39 is 0 Å². The van der Waals surface area contributed by atoms with Gasteiger partial charge in [-0.15, -0.1) is 0 Å². The molecule has 2 amide bonds. The molecule has 0 saturated heterocycles. The molecular weight excluding hydrogens is 352 g/mol. The molecule has 1 heterocycles. The highest BCUT2D eigenvalue weighted by Gasteiger charge is 2.26. The predicted molar refractivity (Wildman–Crippen MR) is 103 cm³/mol. The topological polar surface area (TPSA) is 67.4 Å². The summed E-state index contributed by atoms with van der Waals surface area (Å²) in [4.78, 5) is 24.6. The van der Waals surface area contributed by atoms with Crippen LogP contribution in [-0.4, -0.2) is 18.9 Å². The van der Waals surface area contributed by atoms with Crippen LogP contribution in [0.1, 0.15) is 24.0 Å². The van der Waals surface area contributed by atoms with Crippen LogP contribution in [0, 0.1) is 12.8 Å². The highest BCUT2D eigenvalue weighted by molar-refractivity contribution is 6.31. The molecule has 5 nitrogen and oxygen atoms in total. The Morgan fingerprint density at radius 1 is 1.35 bits per heavy atom. The van der Waals surface area contributed by atoms with Gasteiger partial charge < -0.3 is 15.4 Å². The molecule has 2 aromatic rings. The molecule has 0 saturated carbocycles. The van der Waals surface area contributed by atoms with Gasteiger partial charge in [-0.05, 0) is 43.0 Å². The Balaban J connectivity index is 1.61.